The van der Waals surface area contributed by atoms with Gasteiger partial charge in [0, 0.05) is 12.8 Å². The number of hydrogen-bond donors (Lipinski definition) is 0. The van der Waals surface area contributed by atoms with Crippen molar-refractivity contribution in [1.29, 1.82) is 0 Å². The van der Waals surface area contributed by atoms with E-state index in [9.17, 15) is 4.79 Å². The van der Waals surface area contributed by atoms with Crippen molar-refractivity contribution in [3.05, 3.63) is 0 Å². The van der Waals surface area contributed by atoms with Crippen molar-refractivity contribution in [1.82, 2.24) is 0 Å². The Morgan fingerprint density at radius 2 is 1.40 bits per heavy atom. The van der Waals surface area contributed by atoms with Crippen LogP contribution in [0.25, 0.3) is 0 Å². The van der Waals surface area contributed by atoms with Gasteiger partial charge < -0.3 is 0 Å². The fraction of sp³-hybridized carbons (Fsp3) is 0.929. The number of carbonyl (C=O) groups is 1. The first kappa shape index (κ1) is 12.7. The van der Waals surface area contributed by atoms with Gasteiger partial charge >= 0.3 is 0 Å². The molecule has 1 nitrogen and oxygen atoms in total. The van der Waals surface area contributed by atoms with Gasteiger partial charge in [-0.2, -0.15) is 0 Å². The van der Waals surface area contributed by atoms with Gasteiger partial charge in [-0.05, 0) is 12.3 Å². The molecule has 0 N–H and O–H groups in total. The summed E-state index contributed by atoms with van der Waals surface area (Å²) in [4.78, 5) is 11.6. The van der Waals surface area contributed by atoms with Crippen LogP contribution in [0.4, 0.5) is 0 Å². The molecule has 1 heteroatoms. The van der Waals surface area contributed by atoms with Gasteiger partial charge in [0.2, 0.25) is 0 Å². The molecule has 0 aromatic carbocycles. The van der Waals surface area contributed by atoms with Crippen LogP contribution in [-0.4, -0.2) is 5.78 Å². The number of rotatable bonds is 0. The Bertz CT molecular complexity index is 174. The summed E-state index contributed by atoms with van der Waals surface area (Å²) in [5.41, 5.74) is 0. The number of carbonyl (C=O) groups excluding carboxylic acids is 1. The molecule has 1 rings (SSSR count). The molecule has 88 valence electrons. The molecule has 1 fully saturated rings. The Balaban J connectivity index is 2.26. The average Bonchev–Trinajstić information content (AvgIpc) is 2.21. The first-order valence-corrected chi connectivity index (χ1v) is 6.81. The Kier molecular flexibility index (Phi) is 6.71. The zero-order chi connectivity index (χ0) is 10.9. The number of hydrogen-bond acceptors (Lipinski definition) is 1. The summed E-state index contributed by atoms with van der Waals surface area (Å²) in [7, 11) is 0. The molecular weight excluding hydrogens is 184 g/mol. The lowest BCUT2D eigenvalue weighted by molar-refractivity contribution is -0.120. The molecule has 0 unspecified atom stereocenters. The summed E-state index contributed by atoms with van der Waals surface area (Å²) in [6, 6.07) is 0. The third-order valence-electron chi connectivity index (χ3n) is 3.48. The monoisotopic (exact) mass is 210 g/mol. The lowest BCUT2D eigenvalue weighted by Crippen LogP contribution is -2.05. The minimum absolute atomic E-state index is 0.502. The topological polar surface area (TPSA) is 17.1 Å². The molecule has 0 heterocycles. The van der Waals surface area contributed by atoms with E-state index in [1.54, 1.807) is 0 Å². The zero-order valence-corrected chi connectivity index (χ0v) is 10.3. The van der Waals surface area contributed by atoms with Crippen LogP contribution in [0.5, 0.6) is 0 Å². The smallest absolute Gasteiger partial charge is 0.133 e. The van der Waals surface area contributed by atoms with E-state index in [2.05, 4.69) is 6.92 Å². The molecule has 0 aromatic heterocycles. The predicted molar refractivity (Wildman–Crippen MR) is 65.0 cm³/mol. The molecule has 0 aliphatic heterocycles. The predicted octanol–water partition coefficient (Wildman–Crippen LogP) is 4.50. The highest BCUT2D eigenvalue weighted by atomic mass is 16.1. The highest BCUT2D eigenvalue weighted by molar-refractivity contribution is 5.78. The second kappa shape index (κ2) is 7.90. The largest absolute Gasteiger partial charge is 0.300 e. The lowest BCUT2D eigenvalue weighted by Gasteiger charge is -2.09. The van der Waals surface area contributed by atoms with Crippen LogP contribution in [0.15, 0.2) is 0 Å². The Morgan fingerprint density at radius 1 is 0.867 bits per heavy atom. The molecule has 0 spiro atoms. The molecule has 0 saturated heterocycles. The van der Waals surface area contributed by atoms with Crippen LogP contribution in [0.2, 0.25) is 0 Å². The van der Waals surface area contributed by atoms with Crippen LogP contribution in [0.1, 0.15) is 77.6 Å². The van der Waals surface area contributed by atoms with Gasteiger partial charge in [-0.1, -0.05) is 58.3 Å². The molecule has 1 atom stereocenters. The fourth-order valence-corrected chi connectivity index (χ4v) is 2.47. The van der Waals surface area contributed by atoms with E-state index in [-0.39, 0.29) is 0 Å². The van der Waals surface area contributed by atoms with E-state index in [1.807, 2.05) is 0 Å². The quantitative estimate of drug-likeness (QED) is 0.575. The number of ketones is 1. The minimum Gasteiger partial charge on any atom is -0.300 e. The van der Waals surface area contributed by atoms with Crippen molar-refractivity contribution < 1.29 is 4.79 Å². The summed E-state index contributed by atoms with van der Waals surface area (Å²) in [6.45, 7) is 2.23. The van der Waals surface area contributed by atoms with Crippen molar-refractivity contribution in [2.45, 2.75) is 77.6 Å². The van der Waals surface area contributed by atoms with Crippen LogP contribution in [-0.2, 0) is 4.79 Å². The molecule has 0 amide bonds. The first-order chi connectivity index (χ1) is 7.29. The summed E-state index contributed by atoms with van der Waals surface area (Å²) >= 11 is 0. The SMILES string of the molecule is C[C@@H]1CCCCCCCCCCC(=O)C1. The molecule has 1 aliphatic rings. The summed E-state index contributed by atoms with van der Waals surface area (Å²) in [5, 5.41) is 0. The van der Waals surface area contributed by atoms with Crippen LogP contribution in [0, 0.1) is 5.92 Å². The maximum absolute atomic E-state index is 11.6. The molecule has 1 saturated carbocycles. The molecule has 0 aromatic rings. The van der Waals surface area contributed by atoms with Gasteiger partial charge in [0.25, 0.3) is 0 Å². The van der Waals surface area contributed by atoms with E-state index >= 15 is 0 Å². The van der Waals surface area contributed by atoms with Crippen LogP contribution in [0.3, 0.4) is 0 Å². The normalized spacial score (nSPS) is 27.5. The molecule has 0 radical (unpaired) electrons. The van der Waals surface area contributed by atoms with Crippen LogP contribution < -0.4 is 0 Å². The number of Topliss-reactive ketones (excluding diaryl/α,β-unsaturated/α-hetero) is 1. The van der Waals surface area contributed by atoms with Crippen molar-refractivity contribution in [2.24, 2.45) is 5.92 Å². The third-order valence-corrected chi connectivity index (χ3v) is 3.48. The molecule has 1 aliphatic carbocycles. The minimum atomic E-state index is 0.502. The Hall–Kier alpha value is -0.330. The van der Waals surface area contributed by atoms with Gasteiger partial charge in [0.1, 0.15) is 5.78 Å². The molecule has 0 bridgehead atoms. The van der Waals surface area contributed by atoms with Crippen molar-refractivity contribution >= 4 is 5.78 Å². The van der Waals surface area contributed by atoms with Gasteiger partial charge in [0.05, 0.1) is 0 Å². The van der Waals surface area contributed by atoms with Gasteiger partial charge in [-0.3, -0.25) is 4.79 Å². The third kappa shape index (κ3) is 6.70. The first-order valence-electron chi connectivity index (χ1n) is 6.81. The van der Waals surface area contributed by atoms with Gasteiger partial charge in [-0.25, -0.2) is 0 Å². The standard InChI is InChI=1S/C14H26O/c1-13-10-8-6-4-2-3-5-7-9-11-14(15)12-13/h13H,2-12H2,1H3/t13-/m1/s1. The summed E-state index contributed by atoms with van der Waals surface area (Å²) < 4.78 is 0. The highest BCUT2D eigenvalue weighted by Crippen LogP contribution is 2.18. The van der Waals surface area contributed by atoms with E-state index in [4.69, 9.17) is 0 Å². The van der Waals surface area contributed by atoms with Gasteiger partial charge in [-0.15, -0.1) is 0 Å². The van der Waals surface area contributed by atoms with E-state index in [0.717, 1.165) is 19.3 Å². The van der Waals surface area contributed by atoms with Crippen LogP contribution >= 0.6 is 0 Å². The summed E-state index contributed by atoms with van der Waals surface area (Å²) in [6.07, 6.45) is 13.5. The second-order valence-electron chi connectivity index (χ2n) is 5.22. The Labute approximate surface area is 94.6 Å². The fourth-order valence-electron chi connectivity index (χ4n) is 2.47. The molecule has 15 heavy (non-hydrogen) atoms. The van der Waals surface area contributed by atoms with E-state index < -0.39 is 0 Å². The lowest BCUT2D eigenvalue weighted by atomic mass is 9.96. The molecular formula is C14H26O. The zero-order valence-electron chi connectivity index (χ0n) is 10.3. The average molecular weight is 210 g/mol. The van der Waals surface area contributed by atoms with Crippen molar-refractivity contribution in [3.63, 3.8) is 0 Å². The highest BCUT2D eigenvalue weighted by Gasteiger charge is 2.09. The van der Waals surface area contributed by atoms with Gasteiger partial charge in [0.15, 0.2) is 0 Å². The van der Waals surface area contributed by atoms with Crippen molar-refractivity contribution in [3.8, 4) is 0 Å². The van der Waals surface area contributed by atoms with Crippen molar-refractivity contribution in [2.75, 3.05) is 0 Å². The van der Waals surface area contributed by atoms with E-state index in [1.165, 1.54) is 51.4 Å². The summed E-state index contributed by atoms with van der Waals surface area (Å²) in [5.74, 6) is 1.12. The van der Waals surface area contributed by atoms with E-state index in [0.29, 0.717) is 11.7 Å². The maximum Gasteiger partial charge on any atom is 0.133 e. The Morgan fingerprint density at radius 3 is 2.07 bits per heavy atom. The second-order valence-corrected chi connectivity index (χ2v) is 5.22. The maximum atomic E-state index is 11.6.